The number of fused-ring (bicyclic) bond motifs is 1. The van der Waals surface area contributed by atoms with Gasteiger partial charge in [-0.3, -0.25) is 14.2 Å². The second-order valence-corrected chi connectivity index (χ2v) is 10.2. The first kappa shape index (κ1) is 20.6. The Balaban J connectivity index is 2.03. The Morgan fingerprint density at radius 2 is 2.15 bits per heavy atom. The molecule has 7 heteroatoms. The second kappa shape index (κ2) is 8.05. The van der Waals surface area contributed by atoms with E-state index in [0.29, 0.717) is 17.5 Å². The first-order valence-electron chi connectivity index (χ1n) is 9.53. The van der Waals surface area contributed by atoms with Gasteiger partial charge >= 0.3 is 0 Å². The summed E-state index contributed by atoms with van der Waals surface area (Å²) in [5, 5.41) is 1.37. The highest BCUT2D eigenvalue weighted by atomic mass is 32.2. The monoisotopic (exact) mass is 408 g/mol. The van der Waals surface area contributed by atoms with E-state index in [1.807, 2.05) is 27.7 Å². The lowest BCUT2D eigenvalue weighted by atomic mass is 9.92. The summed E-state index contributed by atoms with van der Waals surface area (Å²) in [6, 6.07) is 0. The average Bonchev–Trinajstić information content (AvgIpc) is 3.21. The third-order valence-electron chi connectivity index (χ3n) is 5.01. The molecule has 27 heavy (non-hydrogen) atoms. The minimum atomic E-state index is -0.397. The van der Waals surface area contributed by atoms with Crippen LogP contribution in [0.5, 0.6) is 0 Å². The van der Waals surface area contributed by atoms with Crippen molar-refractivity contribution in [1.82, 2.24) is 9.55 Å². The van der Waals surface area contributed by atoms with Crippen LogP contribution in [-0.4, -0.2) is 33.8 Å². The highest BCUT2D eigenvalue weighted by molar-refractivity contribution is 7.99. The van der Waals surface area contributed by atoms with Crippen molar-refractivity contribution in [3.8, 4) is 0 Å². The fourth-order valence-corrected chi connectivity index (χ4v) is 5.59. The molecule has 1 aliphatic heterocycles. The molecule has 0 radical (unpaired) electrons. The van der Waals surface area contributed by atoms with Gasteiger partial charge in [-0.15, -0.1) is 11.3 Å². The van der Waals surface area contributed by atoms with Crippen molar-refractivity contribution in [2.24, 2.45) is 5.41 Å². The first-order chi connectivity index (χ1) is 12.7. The predicted molar refractivity (Wildman–Crippen MR) is 112 cm³/mol. The molecule has 3 heterocycles. The zero-order chi connectivity index (χ0) is 19.8. The molecule has 0 aromatic carbocycles. The van der Waals surface area contributed by atoms with Crippen molar-refractivity contribution >= 4 is 39.1 Å². The number of aromatic nitrogens is 2. The molecule has 1 atom stereocenters. The summed E-state index contributed by atoms with van der Waals surface area (Å²) in [6.45, 7) is 11.1. The summed E-state index contributed by atoms with van der Waals surface area (Å²) >= 11 is 2.94. The van der Waals surface area contributed by atoms with Crippen molar-refractivity contribution in [2.45, 2.75) is 71.7 Å². The number of aryl methyl sites for hydroxylation is 2. The molecule has 3 rings (SSSR count). The van der Waals surface area contributed by atoms with E-state index in [9.17, 15) is 9.59 Å². The van der Waals surface area contributed by atoms with Gasteiger partial charge in [-0.25, -0.2) is 4.98 Å². The van der Waals surface area contributed by atoms with Gasteiger partial charge in [0.1, 0.15) is 10.6 Å². The molecule has 2 aromatic heterocycles. The minimum absolute atomic E-state index is 0.00223. The Hall–Kier alpha value is -1.18. The molecule has 0 amide bonds. The number of ketones is 1. The van der Waals surface area contributed by atoms with E-state index in [1.165, 1.54) is 11.8 Å². The number of Topliss-reactive ketones (excluding diaryl/α,β-unsaturated/α-hetero) is 1. The number of thioether (sulfide) groups is 1. The molecule has 1 unspecified atom stereocenters. The first-order valence-corrected chi connectivity index (χ1v) is 11.3. The van der Waals surface area contributed by atoms with Crippen LogP contribution in [0.1, 0.15) is 51.0 Å². The van der Waals surface area contributed by atoms with E-state index >= 15 is 0 Å². The van der Waals surface area contributed by atoms with Crippen LogP contribution < -0.4 is 5.56 Å². The highest BCUT2D eigenvalue weighted by Crippen LogP contribution is 2.30. The fourth-order valence-electron chi connectivity index (χ4n) is 3.27. The molecular weight excluding hydrogens is 380 g/mol. The number of hydrogen-bond acceptors (Lipinski definition) is 6. The number of nitrogens with zero attached hydrogens (tertiary/aromatic N) is 2. The largest absolute Gasteiger partial charge is 0.376 e. The Morgan fingerprint density at radius 3 is 2.74 bits per heavy atom. The van der Waals surface area contributed by atoms with Gasteiger partial charge in [0, 0.05) is 16.9 Å². The Kier molecular flexibility index (Phi) is 6.13. The number of hydrogen-bond donors (Lipinski definition) is 0. The third kappa shape index (κ3) is 4.30. The molecular formula is C20H28N2O3S2. The topological polar surface area (TPSA) is 61.2 Å². The lowest BCUT2D eigenvalue weighted by molar-refractivity contribution is -0.123. The maximum Gasteiger partial charge on any atom is 0.263 e. The number of rotatable bonds is 6. The molecule has 1 saturated heterocycles. The van der Waals surface area contributed by atoms with E-state index in [4.69, 9.17) is 9.72 Å². The van der Waals surface area contributed by atoms with Crippen LogP contribution in [-0.2, 0) is 22.5 Å². The van der Waals surface area contributed by atoms with Crippen LogP contribution in [0.3, 0.4) is 0 Å². The van der Waals surface area contributed by atoms with Crippen molar-refractivity contribution in [1.29, 1.82) is 0 Å². The predicted octanol–water partition coefficient (Wildman–Crippen LogP) is 4.22. The van der Waals surface area contributed by atoms with Gasteiger partial charge < -0.3 is 4.74 Å². The van der Waals surface area contributed by atoms with Gasteiger partial charge in [-0.05, 0) is 31.7 Å². The van der Waals surface area contributed by atoms with Crippen LogP contribution in [0.4, 0.5) is 0 Å². The third-order valence-corrected chi connectivity index (χ3v) is 7.03. The summed E-state index contributed by atoms with van der Waals surface area (Å²) in [4.78, 5) is 32.5. The molecule has 148 valence electrons. The van der Waals surface area contributed by atoms with E-state index in [0.717, 1.165) is 46.5 Å². The quantitative estimate of drug-likeness (QED) is 0.529. The van der Waals surface area contributed by atoms with E-state index in [1.54, 1.807) is 15.9 Å². The van der Waals surface area contributed by atoms with Crippen molar-refractivity contribution in [3.63, 3.8) is 0 Å². The summed E-state index contributed by atoms with van der Waals surface area (Å²) in [6.07, 6.45) is 2.85. The van der Waals surface area contributed by atoms with Gasteiger partial charge in [0.2, 0.25) is 0 Å². The van der Waals surface area contributed by atoms with Crippen LogP contribution in [0.2, 0.25) is 0 Å². The van der Waals surface area contributed by atoms with Crippen molar-refractivity contribution in [3.05, 3.63) is 20.8 Å². The SMILES string of the molecule is CCc1c(C)sc2nc(SCC(=O)C(C)(C)C)n(CC3CCCO3)c(=O)c12. The van der Waals surface area contributed by atoms with Gasteiger partial charge in [-0.2, -0.15) is 0 Å². The van der Waals surface area contributed by atoms with Crippen molar-refractivity contribution < 1.29 is 9.53 Å². The van der Waals surface area contributed by atoms with Gasteiger partial charge in [-0.1, -0.05) is 39.5 Å². The smallest absolute Gasteiger partial charge is 0.263 e. The molecule has 0 saturated carbocycles. The number of carbonyl (C=O) groups is 1. The highest BCUT2D eigenvalue weighted by Gasteiger charge is 2.25. The maximum absolute atomic E-state index is 13.3. The molecule has 1 fully saturated rings. The lowest BCUT2D eigenvalue weighted by Gasteiger charge is -2.18. The molecule has 0 bridgehead atoms. The van der Waals surface area contributed by atoms with Crippen LogP contribution in [0.25, 0.3) is 10.2 Å². The molecule has 5 nitrogen and oxygen atoms in total. The maximum atomic E-state index is 13.3. The normalized spacial score (nSPS) is 17.7. The average molecular weight is 409 g/mol. The minimum Gasteiger partial charge on any atom is -0.376 e. The molecule has 1 aliphatic rings. The van der Waals surface area contributed by atoms with Crippen LogP contribution in [0, 0.1) is 12.3 Å². The second-order valence-electron chi connectivity index (χ2n) is 8.08. The summed E-state index contributed by atoms with van der Waals surface area (Å²) < 4.78 is 7.50. The van der Waals surface area contributed by atoms with E-state index < -0.39 is 5.41 Å². The number of ether oxygens (including phenoxy) is 1. The van der Waals surface area contributed by atoms with Gasteiger partial charge in [0.05, 0.1) is 23.8 Å². The zero-order valence-electron chi connectivity index (χ0n) is 16.8. The molecule has 0 N–H and O–H groups in total. The standard InChI is InChI=1S/C20H28N2O3S2/c1-6-14-12(2)27-17-16(14)18(24)22(10-13-8-7-9-25-13)19(21-17)26-11-15(23)20(3,4)5/h13H,6-11H2,1-5H3. The summed E-state index contributed by atoms with van der Waals surface area (Å²) in [5.74, 6) is 0.472. The molecule has 2 aromatic rings. The summed E-state index contributed by atoms with van der Waals surface area (Å²) in [5.41, 5.74) is 0.699. The fraction of sp³-hybridized carbons (Fsp3) is 0.650. The van der Waals surface area contributed by atoms with Crippen LogP contribution >= 0.6 is 23.1 Å². The number of carbonyl (C=O) groups excluding carboxylic acids is 1. The number of thiophene rings is 1. The van der Waals surface area contributed by atoms with E-state index in [2.05, 4.69) is 6.92 Å². The Labute approximate surface area is 168 Å². The molecule has 0 aliphatic carbocycles. The van der Waals surface area contributed by atoms with E-state index in [-0.39, 0.29) is 17.4 Å². The Morgan fingerprint density at radius 1 is 1.41 bits per heavy atom. The van der Waals surface area contributed by atoms with Crippen molar-refractivity contribution in [2.75, 3.05) is 12.4 Å². The Bertz CT molecular complexity index is 903. The zero-order valence-corrected chi connectivity index (χ0v) is 18.4. The van der Waals surface area contributed by atoms with Gasteiger partial charge in [0.15, 0.2) is 5.16 Å². The van der Waals surface area contributed by atoms with Gasteiger partial charge in [0.25, 0.3) is 5.56 Å². The lowest BCUT2D eigenvalue weighted by Crippen LogP contribution is -2.29. The van der Waals surface area contributed by atoms with Crippen LogP contribution in [0.15, 0.2) is 9.95 Å². The molecule has 0 spiro atoms. The summed E-state index contributed by atoms with van der Waals surface area (Å²) in [7, 11) is 0.